The number of anilines is 1. The molecule has 0 aromatic carbocycles. The van der Waals surface area contributed by atoms with Crippen molar-refractivity contribution in [2.75, 3.05) is 39.1 Å². The van der Waals surface area contributed by atoms with Gasteiger partial charge in [0.1, 0.15) is 16.4 Å². The molecule has 3 rings (SSSR count). The van der Waals surface area contributed by atoms with Crippen LogP contribution >= 0.6 is 11.5 Å². The van der Waals surface area contributed by atoms with Gasteiger partial charge in [-0.05, 0) is 63.8 Å². The molecule has 0 spiro atoms. The first-order valence-corrected chi connectivity index (χ1v) is 12.9. The maximum atomic E-state index is 13.1. The van der Waals surface area contributed by atoms with Gasteiger partial charge in [-0.2, -0.15) is 4.37 Å². The summed E-state index contributed by atoms with van der Waals surface area (Å²) in [5.41, 5.74) is 0.987. The number of methoxy groups -OCH3 is 1. The van der Waals surface area contributed by atoms with Crippen LogP contribution in [0, 0.1) is 6.92 Å². The largest absolute Gasteiger partial charge is 0.495 e. The summed E-state index contributed by atoms with van der Waals surface area (Å²) >= 11 is 1.22. The summed E-state index contributed by atoms with van der Waals surface area (Å²) in [6.07, 6.45) is 1.89. The van der Waals surface area contributed by atoms with Crippen molar-refractivity contribution in [1.29, 1.82) is 0 Å². The van der Waals surface area contributed by atoms with Gasteiger partial charge in [0.25, 0.3) is 0 Å². The second-order valence-electron chi connectivity index (χ2n) is 10.0. The quantitative estimate of drug-likeness (QED) is 0.558. The highest BCUT2D eigenvalue weighted by molar-refractivity contribution is 7.10. The van der Waals surface area contributed by atoms with Gasteiger partial charge < -0.3 is 24.6 Å². The Kier molecular flexibility index (Phi) is 9.30. The SMILES string of the molecule is COc1ccc([C@@H]2CN(C(=O)CCN(C)C(=O)OC(C)(C)C)CC[C@H]2NC(=O)Nc2cc(C)ns2)nc1. The highest BCUT2D eigenvalue weighted by atomic mass is 32.1. The minimum Gasteiger partial charge on any atom is -0.495 e. The molecule has 1 fully saturated rings. The molecule has 2 aromatic heterocycles. The number of aryl methyl sites for hydroxylation is 1. The molecule has 1 aliphatic rings. The molecule has 11 nitrogen and oxygen atoms in total. The Morgan fingerprint density at radius 1 is 1.27 bits per heavy atom. The van der Waals surface area contributed by atoms with Crippen LogP contribution in [0.3, 0.4) is 0 Å². The molecule has 1 saturated heterocycles. The van der Waals surface area contributed by atoms with Crippen molar-refractivity contribution in [2.45, 2.75) is 58.1 Å². The molecule has 0 unspecified atom stereocenters. The first-order valence-electron chi connectivity index (χ1n) is 12.2. The zero-order valence-corrected chi connectivity index (χ0v) is 23.1. The van der Waals surface area contributed by atoms with Crippen LogP contribution in [-0.2, 0) is 9.53 Å². The number of amides is 4. The zero-order chi connectivity index (χ0) is 27.2. The van der Waals surface area contributed by atoms with Gasteiger partial charge in [-0.3, -0.25) is 15.1 Å². The number of nitrogens with one attached hydrogen (secondary N) is 2. The number of piperidine rings is 1. The van der Waals surface area contributed by atoms with Crippen LogP contribution in [0.25, 0.3) is 0 Å². The lowest BCUT2D eigenvalue weighted by molar-refractivity contribution is -0.132. The molecule has 0 bridgehead atoms. The van der Waals surface area contributed by atoms with Crippen LogP contribution in [0.2, 0.25) is 0 Å². The van der Waals surface area contributed by atoms with Crippen molar-refractivity contribution in [3.8, 4) is 5.75 Å². The van der Waals surface area contributed by atoms with Crippen molar-refractivity contribution < 1.29 is 23.9 Å². The average Bonchev–Trinajstić information content (AvgIpc) is 3.25. The molecule has 3 heterocycles. The van der Waals surface area contributed by atoms with Crippen LogP contribution in [0.15, 0.2) is 24.4 Å². The van der Waals surface area contributed by atoms with Crippen molar-refractivity contribution in [3.05, 3.63) is 35.8 Å². The Labute approximate surface area is 221 Å². The van der Waals surface area contributed by atoms with E-state index in [-0.39, 0.29) is 36.9 Å². The molecule has 0 radical (unpaired) electrons. The second kappa shape index (κ2) is 12.2. The Bertz CT molecular complexity index is 1080. The molecule has 202 valence electrons. The number of rotatable bonds is 7. The molecule has 2 N–H and O–H groups in total. The van der Waals surface area contributed by atoms with Crippen LogP contribution in [0.4, 0.5) is 14.6 Å². The average molecular weight is 533 g/mol. The van der Waals surface area contributed by atoms with Crippen LogP contribution in [-0.4, -0.2) is 82.6 Å². The Balaban J connectivity index is 1.65. The molecular formula is C25H36N6O5S. The topological polar surface area (TPSA) is 126 Å². The lowest BCUT2D eigenvalue weighted by atomic mass is 9.88. The second-order valence-corrected chi connectivity index (χ2v) is 10.9. The number of urea groups is 1. The minimum absolute atomic E-state index is 0.0723. The van der Waals surface area contributed by atoms with Gasteiger partial charge in [-0.15, -0.1) is 0 Å². The summed E-state index contributed by atoms with van der Waals surface area (Å²) in [6.45, 7) is 8.37. The summed E-state index contributed by atoms with van der Waals surface area (Å²) < 4.78 is 14.8. The highest BCUT2D eigenvalue weighted by Crippen LogP contribution is 2.28. The van der Waals surface area contributed by atoms with E-state index in [0.717, 1.165) is 11.4 Å². The van der Waals surface area contributed by atoms with Crippen LogP contribution < -0.4 is 15.4 Å². The summed E-state index contributed by atoms with van der Waals surface area (Å²) in [6, 6.07) is 4.92. The molecule has 2 atom stereocenters. The van der Waals surface area contributed by atoms with E-state index >= 15 is 0 Å². The lowest BCUT2D eigenvalue weighted by Gasteiger charge is -2.39. The summed E-state index contributed by atoms with van der Waals surface area (Å²) in [7, 11) is 3.19. The van der Waals surface area contributed by atoms with Gasteiger partial charge in [0, 0.05) is 50.8 Å². The predicted octanol–water partition coefficient (Wildman–Crippen LogP) is 3.62. The Morgan fingerprint density at radius 3 is 2.62 bits per heavy atom. The van der Waals surface area contributed by atoms with Gasteiger partial charge in [0.15, 0.2) is 0 Å². The molecule has 4 amide bonds. The van der Waals surface area contributed by atoms with Crippen LogP contribution in [0.5, 0.6) is 5.75 Å². The van der Waals surface area contributed by atoms with Crippen molar-refractivity contribution >= 4 is 34.6 Å². The highest BCUT2D eigenvalue weighted by Gasteiger charge is 2.34. The molecular weight excluding hydrogens is 496 g/mol. The number of hydrogen-bond acceptors (Lipinski definition) is 8. The monoisotopic (exact) mass is 532 g/mol. The van der Waals surface area contributed by atoms with Gasteiger partial charge in [-0.25, -0.2) is 9.59 Å². The minimum atomic E-state index is -0.603. The van der Waals surface area contributed by atoms with E-state index < -0.39 is 11.7 Å². The zero-order valence-electron chi connectivity index (χ0n) is 22.2. The van der Waals surface area contributed by atoms with E-state index in [2.05, 4.69) is 20.0 Å². The number of aromatic nitrogens is 2. The maximum Gasteiger partial charge on any atom is 0.410 e. The van der Waals surface area contributed by atoms with E-state index in [9.17, 15) is 14.4 Å². The van der Waals surface area contributed by atoms with Crippen LogP contribution in [0.1, 0.15) is 50.9 Å². The summed E-state index contributed by atoms with van der Waals surface area (Å²) in [4.78, 5) is 45.7. The molecule has 37 heavy (non-hydrogen) atoms. The third-order valence-electron chi connectivity index (χ3n) is 5.89. The van der Waals surface area contributed by atoms with E-state index in [4.69, 9.17) is 9.47 Å². The Morgan fingerprint density at radius 2 is 2.03 bits per heavy atom. The number of carbonyl (C=O) groups is 3. The van der Waals surface area contributed by atoms with Gasteiger partial charge in [0.2, 0.25) is 5.91 Å². The number of pyridine rings is 1. The number of nitrogens with zero attached hydrogens (tertiary/aromatic N) is 4. The fourth-order valence-electron chi connectivity index (χ4n) is 3.97. The normalized spacial score (nSPS) is 17.6. The standard InChI is InChI=1S/C25H36N6O5S/c1-16-13-21(37-29-16)28-23(33)27-20-9-12-31(15-18(20)19-8-7-17(35-6)14-26-19)22(32)10-11-30(5)24(34)36-25(2,3)4/h7-8,13-14,18,20H,9-12,15H2,1-6H3,(H2,27,28,33)/t18-,20+/m0/s1. The van der Waals surface area contributed by atoms with E-state index in [1.165, 1.54) is 16.4 Å². The summed E-state index contributed by atoms with van der Waals surface area (Å²) in [5, 5.41) is 6.54. The molecule has 12 heteroatoms. The predicted molar refractivity (Wildman–Crippen MR) is 141 cm³/mol. The number of likely N-dealkylation sites (tertiary alicyclic amines) is 1. The molecule has 1 aliphatic heterocycles. The van der Waals surface area contributed by atoms with E-state index in [1.54, 1.807) is 46.0 Å². The van der Waals surface area contributed by atoms with Crippen molar-refractivity contribution in [1.82, 2.24) is 24.5 Å². The van der Waals surface area contributed by atoms with E-state index in [1.807, 2.05) is 25.1 Å². The van der Waals surface area contributed by atoms with Gasteiger partial charge in [0.05, 0.1) is 19.0 Å². The van der Waals surface area contributed by atoms with Crippen molar-refractivity contribution in [3.63, 3.8) is 0 Å². The smallest absolute Gasteiger partial charge is 0.410 e. The number of carbonyl (C=O) groups excluding carboxylic acids is 3. The molecule has 0 saturated carbocycles. The maximum absolute atomic E-state index is 13.1. The number of ether oxygens (including phenoxy) is 2. The molecule has 0 aliphatic carbocycles. The third kappa shape index (κ3) is 8.31. The first-order chi connectivity index (χ1) is 17.4. The summed E-state index contributed by atoms with van der Waals surface area (Å²) in [5.74, 6) is 0.332. The molecule has 2 aromatic rings. The van der Waals surface area contributed by atoms with Crippen molar-refractivity contribution in [2.24, 2.45) is 0 Å². The van der Waals surface area contributed by atoms with Gasteiger partial charge in [-0.1, -0.05) is 0 Å². The fourth-order valence-corrected chi connectivity index (χ4v) is 4.63. The van der Waals surface area contributed by atoms with Gasteiger partial charge >= 0.3 is 12.1 Å². The lowest BCUT2D eigenvalue weighted by Crippen LogP contribution is -2.52. The first kappa shape index (κ1) is 28.2. The third-order valence-corrected chi connectivity index (χ3v) is 6.68. The number of hydrogen-bond donors (Lipinski definition) is 2. The van der Waals surface area contributed by atoms with E-state index in [0.29, 0.717) is 30.3 Å². The fraction of sp³-hybridized carbons (Fsp3) is 0.560. The Hall–Kier alpha value is -3.41.